The van der Waals surface area contributed by atoms with Crippen LogP contribution in [0.5, 0.6) is 0 Å². The third-order valence-corrected chi connectivity index (χ3v) is 3.41. The number of anilines is 1. The maximum atomic E-state index is 4.54. The molecule has 2 rings (SSSR count). The van der Waals surface area contributed by atoms with Crippen LogP contribution < -0.4 is 4.90 Å². The van der Waals surface area contributed by atoms with E-state index in [0.29, 0.717) is 0 Å². The lowest BCUT2D eigenvalue weighted by Gasteiger charge is -2.07. The Morgan fingerprint density at radius 3 is 3.09 bits per heavy atom. The van der Waals surface area contributed by atoms with Gasteiger partial charge in [-0.05, 0) is 6.42 Å². The highest BCUT2D eigenvalue weighted by molar-refractivity contribution is 7.16. The van der Waals surface area contributed by atoms with Gasteiger partial charge in [0.15, 0.2) is 0 Å². The molecule has 1 aliphatic rings. The third kappa shape index (κ3) is 1.03. The molecular weight excluding hydrogens is 156 g/mol. The van der Waals surface area contributed by atoms with Crippen LogP contribution in [0, 0.1) is 0 Å². The van der Waals surface area contributed by atoms with E-state index >= 15 is 0 Å². The number of likely N-dealkylation sites (N-methyl/N-ethyl adjacent to an activating group) is 1. The van der Waals surface area contributed by atoms with E-state index in [1.165, 1.54) is 15.7 Å². The summed E-state index contributed by atoms with van der Waals surface area (Å²) in [6, 6.07) is 0. The number of hydrogen-bond donors (Lipinski definition) is 0. The second kappa shape index (κ2) is 2.48. The average molecular weight is 168 g/mol. The van der Waals surface area contributed by atoms with Crippen molar-refractivity contribution in [2.75, 3.05) is 18.5 Å². The first-order chi connectivity index (χ1) is 5.31. The summed E-state index contributed by atoms with van der Waals surface area (Å²) in [6.07, 6.45) is 2.22. The molecule has 0 bridgehead atoms. The van der Waals surface area contributed by atoms with Crippen LogP contribution in [0.25, 0.3) is 0 Å². The predicted molar refractivity (Wildman–Crippen MR) is 48.5 cm³/mol. The highest BCUT2D eigenvalue weighted by Crippen LogP contribution is 2.32. The molecule has 0 aromatic carbocycles. The van der Waals surface area contributed by atoms with Gasteiger partial charge in [0.2, 0.25) is 0 Å². The fourth-order valence-corrected chi connectivity index (χ4v) is 2.42. The Hall–Kier alpha value is -0.570. The van der Waals surface area contributed by atoms with Gasteiger partial charge in [-0.25, -0.2) is 4.98 Å². The Bertz CT molecular complexity index is 267. The van der Waals surface area contributed by atoms with Crippen molar-refractivity contribution in [3.8, 4) is 0 Å². The zero-order chi connectivity index (χ0) is 7.84. The molecule has 60 valence electrons. The largest absolute Gasteiger partial charge is 0.365 e. The van der Waals surface area contributed by atoms with Crippen molar-refractivity contribution in [1.29, 1.82) is 0 Å². The number of aromatic nitrogens is 1. The molecular formula is C8H12N2S. The van der Waals surface area contributed by atoms with Crippen molar-refractivity contribution >= 4 is 16.3 Å². The van der Waals surface area contributed by atoms with Crippen molar-refractivity contribution in [2.45, 2.75) is 19.8 Å². The smallest absolute Gasteiger partial charge is 0.114 e. The van der Waals surface area contributed by atoms with Crippen molar-refractivity contribution < 1.29 is 0 Å². The fraction of sp³-hybridized carbons (Fsp3) is 0.625. The van der Waals surface area contributed by atoms with Crippen molar-refractivity contribution in [3.05, 3.63) is 10.7 Å². The third-order valence-electron chi connectivity index (χ3n) is 2.05. The molecule has 0 N–H and O–H groups in total. The standard InChI is InChI=1S/C8H12N2S/c1-3-7-9-6-4-5-10(2)8(6)11-7/h3-5H2,1-2H3. The van der Waals surface area contributed by atoms with Crippen LogP contribution in [-0.2, 0) is 12.8 Å². The number of rotatable bonds is 1. The summed E-state index contributed by atoms with van der Waals surface area (Å²) < 4.78 is 0. The molecule has 0 fully saturated rings. The van der Waals surface area contributed by atoms with Gasteiger partial charge in [0.25, 0.3) is 0 Å². The van der Waals surface area contributed by atoms with Gasteiger partial charge < -0.3 is 4.90 Å². The molecule has 1 aromatic heterocycles. The summed E-state index contributed by atoms with van der Waals surface area (Å²) in [7, 11) is 2.14. The van der Waals surface area contributed by atoms with E-state index in [0.717, 1.165) is 19.4 Å². The van der Waals surface area contributed by atoms with E-state index in [1.807, 2.05) is 11.3 Å². The molecule has 0 saturated carbocycles. The summed E-state index contributed by atoms with van der Waals surface area (Å²) >= 11 is 1.84. The average Bonchev–Trinajstić information content (AvgIpc) is 2.53. The molecule has 2 heterocycles. The molecule has 11 heavy (non-hydrogen) atoms. The molecule has 0 spiro atoms. The van der Waals surface area contributed by atoms with Crippen LogP contribution in [0.2, 0.25) is 0 Å². The van der Waals surface area contributed by atoms with E-state index in [2.05, 4.69) is 23.9 Å². The summed E-state index contributed by atoms with van der Waals surface area (Å²) in [5.74, 6) is 0. The van der Waals surface area contributed by atoms with Crippen LogP contribution in [0.1, 0.15) is 17.6 Å². The molecule has 0 atom stereocenters. The van der Waals surface area contributed by atoms with E-state index in [-0.39, 0.29) is 0 Å². The van der Waals surface area contributed by atoms with Crippen LogP contribution in [0.4, 0.5) is 5.00 Å². The summed E-state index contributed by atoms with van der Waals surface area (Å²) in [5, 5.41) is 2.67. The first-order valence-corrected chi connectivity index (χ1v) is 4.82. The van der Waals surface area contributed by atoms with Gasteiger partial charge in [-0.1, -0.05) is 6.92 Å². The number of aryl methyl sites for hydroxylation is 1. The molecule has 2 nitrogen and oxygen atoms in total. The molecule has 0 radical (unpaired) electrons. The Morgan fingerprint density at radius 2 is 2.45 bits per heavy atom. The fourth-order valence-electron chi connectivity index (χ4n) is 1.38. The minimum absolute atomic E-state index is 1.07. The van der Waals surface area contributed by atoms with Crippen molar-refractivity contribution in [3.63, 3.8) is 0 Å². The van der Waals surface area contributed by atoms with Crippen LogP contribution in [-0.4, -0.2) is 18.6 Å². The summed E-state index contributed by atoms with van der Waals surface area (Å²) in [5.41, 5.74) is 1.31. The number of nitrogens with zero attached hydrogens (tertiary/aromatic N) is 2. The quantitative estimate of drug-likeness (QED) is 0.634. The molecule has 1 aliphatic heterocycles. The van der Waals surface area contributed by atoms with Crippen molar-refractivity contribution in [1.82, 2.24) is 4.98 Å². The predicted octanol–water partition coefficient (Wildman–Crippen LogP) is 1.70. The zero-order valence-corrected chi connectivity index (χ0v) is 7.74. The SMILES string of the molecule is CCc1nc2c(s1)N(C)CC2. The molecule has 0 saturated heterocycles. The van der Waals surface area contributed by atoms with Gasteiger partial charge in [-0.2, -0.15) is 0 Å². The molecule has 0 amide bonds. The van der Waals surface area contributed by atoms with Gasteiger partial charge in [0, 0.05) is 20.0 Å². The highest BCUT2D eigenvalue weighted by Gasteiger charge is 2.19. The van der Waals surface area contributed by atoms with Crippen LogP contribution in [0.15, 0.2) is 0 Å². The lowest BCUT2D eigenvalue weighted by Crippen LogP contribution is -2.11. The first-order valence-electron chi connectivity index (χ1n) is 4.01. The van der Waals surface area contributed by atoms with E-state index < -0.39 is 0 Å². The molecule has 3 heteroatoms. The van der Waals surface area contributed by atoms with Gasteiger partial charge >= 0.3 is 0 Å². The number of fused-ring (bicyclic) bond motifs is 1. The Balaban J connectivity index is 2.38. The number of hydrogen-bond acceptors (Lipinski definition) is 3. The Kier molecular flexibility index (Phi) is 1.60. The van der Waals surface area contributed by atoms with Gasteiger partial charge in [-0.15, -0.1) is 11.3 Å². The molecule has 1 aromatic rings. The van der Waals surface area contributed by atoms with E-state index in [1.54, 1.807) is 0 Å². The van der Waals surface area contributed by atoms with E-state index in [4.69, 9.17) is 0 Å². The van der Waals surface area contributed by atoms with Gasteiger partial charge in [-0.3, -0.25) is 0 Å². The summed E-state index contributed by atoms with van der Waals surface area (Å²) in [4.78, 5) is 6.83. The lowest BCUT2D eigenvalue weighted by atomic mass is 10.4. The minimum atomic E-state index is 1.07. The lowest BCUT2D eigenvalue weighted by molar-refractivity contribution is 0.932. The number of thiazole rings is 1. The second-order valence-corrected chi connectivity index (χ2v) is 3.95. The highest BCUT2D eigenvalue weighted by atomic mass is 32.1. The summed E-state index contributed by atoms with van der Waals surface area (Å²) in [6.45, 7) is 3.31. The minimum Gasteiger partial charge on any atom is -0.365 e. The van der Waals surface area contributed by atoms with Gasteiger partial charge in [0.1, 0.15) is 5.00 Å². The van der Waals surface area contributed by atoms with E-state index in [9.17, 15) is 0 Å². The van der Waals surface area contributed by atoms with Gasteiger partial charge in [0.05, 0.1) is 10.7 Å². The van der Waals surface area contributed by atoms with Crippen molar-refractivity contribution in [2.24, 2.45) is 0 Å². The maximum Gasteiger partial charge on any atom is 0.114 e. The maximum absolute atomic E-state index is 4.54. The normalized spacial score (nSPS) is 15.6. The Labute approximate surface area is 70.9 Å². The zero-order valence-electron chi connectivity index (χ0n) is 6.92. The van der Waals surface area contributed by atoms with Crippen LogP contribution in [0.3, 0.4) is 0 Å². The molecule has 0 unspecified atom stereocenters. The topological polar surface area (TPSA) is 16.1 Å². The van der Waals surface area contributed by atoms with Crippen LogP contribution >= 0.6 is 11.3 Å². The first kappa shape index (κ1) is 7.10. The second-order valence-electron chi connectivity index (χ2n) is 2.88. The Morgan fingerprint density at radius 1 is 1.64 bits per heavy atom. The monoisotopic (exact) mass is 168 g/mol. The molecule has 0 aliphatic carbocycles.